The second-order valence-electron chi connectivity index (χ2n) is 9.78. The van der Waals surface area contributed by atoms with Crippen LogP contribution in [0.15, 0.2) is 52.2 Å². The number of morpholine rings is 1. The van der Waals surface area contributed by atoms with E-state index in [4.69, 9.17) is 16.3 Å². The summed E-state index contributed by atoms with van der Waals surface area (Å²) in [6.07, 6.45) is 8.56. The number of anilines is 1. The number of nitrogens with one attached hydrogen (secondary N) is 2. The van der Waals surface area contributed by atoms with Crippen molar-refractivity contribution in [1.82, 2.24) is 20.5 Å². The second-order valence-corrected chi connectivity index (χ2v) is 10.2. The Morgan fingerprint density at radius 3 is 2.66 bits per heavy atom. The van der Waals surface area contributed by atoms with Crippen LogP contribution in [0, 0.1) is 22.6 Å². The Bertz CT molecular complexity index is 1210. The SMILES string of the molecule is C=NN(/C(C)=C(\C)C(=O)NC1=CC=C(C2(C#N)CCC(N3CCOCC3)CC2)NC1)c1ncc(Cl)cc1F. The van der Waals surface area contributed by atoms with Crippen LogP contribution in [0.2, 0.25) is 5.02 Å². The first-order valence-corrected chi connectivity index (χ1v) is 13.1. The Hall–Kier alpha value is -3.26. The second kappa shape index (κ2) is 12.1. The fourth-order valence-corrected chi connectivity index (χ4v) is 5.35. The quantitative estimate of drug-likeness (QED) is 0.307. The van der Waals surface area contributed by atoms with Crippen LogP contribution in [0.1, 0.15) is 39.5 Å². The maximum Gasteiger partial charge on any atom is 0.252 e. The smallest absolute Gasteiger partial charge is 0.252 e. The molecule has 9 nitrogen and oxygen atoms in total. The van der Waals surface area contributed by atoms with Gasteiger partial charge in [0.25, 0.3) is 5.91 Å². The zero-order valence-electron chi connectivity index (χ0n) is 21.8. The van der Waals surface area contributed by atoms with Gasteiger partial charge in [-0.05, 0) is 57.7 Å². The molecule has 202 valence electrons. The van der Waals surface area contributed by atoms with Gasteiger partial charge in [-0.25, -0.2) is 14.4 Å². The maximum atomic E-state index is 14.4. The number of dihydropyridines is 1. The van der Waals surface area contributed by atoms with E-state index in [1.54, 1.807) is 13.8 Å². The number of carbonyl (C=O) groups is 1. The van der Waals surface area contributed by atoms with E-state index >= 15 is 0 Å². The van der Waals surface area contributed by atoms with Crippen molar-refractivity contribution < 1.29 is 13.9 Å². The van der Waals surface area contributed by atoms with Crippen LogP contribution in [0.3, 0.4) is 0 Å². The third kappa shape index (κ3) is 5.90. The van der Waals surface area contributed by atoms with Gasteiger partial charge < -0.3 is 15.4 Å². The topological polar surface area (TPSA) is 106 Å². The van der Waals surface area contributed by atoms with Gasteiger partial charge in [-0.3, -0.25) is 9.69 Å². The van der Waals surface area contributed by atoms with Crippen molar-refractivity contribution >= 4 is 30.0 Å². The van der Waals surface area contributed by atoms with Crippen molar-refractivity contribution in [1.29, 1.82) is 5.26 Å². The van der Waals surface area contributed by atoms with Crippen LogP contribution < -0.4 is 15.6 Å². The van der Waals surface area contributed by atoms with Crippen LogP contribution in [0.25, 0.3) is 0 Å². The van der Waals surface area contributed by atoms with Gasteiger partial charge >= 0.3 is 0 Å². The largest absolute Gasteiger partial charge is 0.381 e. The molecule has 0 aromatic carbocycles. The molecule has 1 saturated heterocycles. The minimum Gasteiger partial charge on any atom is -0.381 e. The number of halogens is 2. The Kier molecular flexibility index (Phi) is 8.82. The lowest BCUT2D eigenvalue weighted by Crippen LogP contribution is -2.47. The summed E-state index contributed by atoms with van der Waals surface area (Å²) in [5.74, 6) is -1.15. The number of hydrogen-bond donors (Lipinski definition) is 2. The van der Waals surface area contributed by atoms with E-state index in [1.807, 2.05) is 12.2 Å². The minimum atomic E-state index is -0.681. The van der Waals surface area contributed by atoms with Crippen LogP contribution in [0.4, 0.5) is 10.2 Å². The van der Waals surface area contributed by atoms with Gasteiger partial charge in [0.05, 0.1) is 36.3 Å². The van der Waals surface area contributed by atoms with Gasteiger partial charge in [0.15, 0.2) is 11.6 Å². The van der Waals surface area contributed by atoms with Crippen molar-refractivity contribution in [2.24, 2.45) is 10.5 Å². The molecule has 0 radical (unpaired) electrons. The molecule has 0 unspecified atom stereocenters. The van der Waals surface area contributed by atoms with E-state index in [0.29, 0.717) is 29.6 Å². The molecule has 4 rings (SSSR count). The van der Waals surface area contributed by atoms with Crippen molar-refractivity contribution in [2.45, 2.75) is 45.6 Å². The molecule has 0 bridgehead atoms. The fraction of sp³-hybridized carbons (Fsp3) is 0.481. The van der Waals surface area contributed by atoms with Crippen LogP contribution in [-0.2, 0) is 9.53 Å². The van der Waals surface area contributed by atoms with Crippen molar-refractivity contribution in [3.63, 3.8) is 0 Å². The van der Waals surface area contributed by atoms with E-state index < -0.39 is 11.2 Å². The molecular formula is C27H33ClFN7O2. The number of amides is 1. The average Bonchev–Trinajstić information content (AvgIpc) is 2.95. The lowest BCUT2D eigenvalue weighted by atomic mass is 9.70. The number of nitrogens with zero attached hydrogens (tertiary/aromatic N) is 5. The first kappa shape index (κ1) is 27.8. The van der Waals surface area contributed by atoms with E-state index in [2.05, 4.69) is 38.4 Å². The van der Waals surface area contributed by atoms with E-state index in [9.17, 15) is 14.4 Å². The van der Waals surface area contributed by atoms with Crippen molar-refractivity contribution in [3.05, 3.63) is 57.9 Å². The molecule has 11 heteroatoms. The van der Waals surface area contributed by atoms with Crippen LogP contribution in [-0.4, -0.2) is 61.4 Å². The third-order valence-electron chi connectivity index (χ3n) is 7.63. The molecule has 0 spiro atoms. The lowest BCUT2D eigenvalue weighted by molar-refractivity contribution is -0.116. The highest BCUT2D eigenvalue weighted by molar-refractivity contribution is 6.30. The number of hydrazone groups is 1. The van der Waals surface area contributed by atoms with Crippen LogP contribution >= 0.6 is 11.6 Å². The third-order valence-corrected chi connectivity index (χ3v) is 7.83. The maximum absolute atomic E-state index is 14.4. The molecule has 1 aromatic rings. The minimum absolute atomic E-state index is 0.106. The molecule has 2 aliphatic heterocycles. The summed E-state index contributed by atoms with van der Waals surface area (Å²) in [4.78, 5) is 19.5. The average molecular weight is 542 g/mol. The number of allylic oxidation sites excluding steroid dienone is 4. The molecule has 3 heterocycles. The molecule has 0 atom stereocenters. The lowest BCUT2D eigenvalue weighted by Gasteiger charge is -2.42. The predicted octanol–water partition coefficient (Wildman–Crippen LogP) is 3.86. The fourth-order valence-electron chi connectivity index (χ4n) is 5.21. The standard InChI is InChI=1S/C27H33ClFN7O2/c1-18(19(2)36(31-3)25-23(29)14-20(28)15-33-25)26(37)34-21-4-5-24(32-16-21)27(17-30)8-6-22(7-9-27)35-10-12-38-13-11-35/h4-5,14-15,22,32H,3,6-13,16H2,1-2H3,(H,34,37)/b19-18+. The Labute approximate surface area is 227 Å². The zero-order valence-corrected chi connectivity index (χ0v) is 22.5. The number of rotatable bonds is 7. The molecule has 3 aliphatic rings. The normalized spacial score (nSPS) is 24.7. The first-order valence-electron chi connectivity index (χ1n) is 12.7. The molecule has 1 aliphatic carbocycles. The number of ether oxygens (including phenoxy) is 1. The summed E-state index contributed by atoms with van der Waals surface area (Å²) in [6.45, 7) is 10.6. The summed E-state index contributed by atoms with van der Waals surface area (Å²) >= 11 is 5.80. The summed E-state index contributed by atoms with van der Waals surface area (Å²) in [6, 6.07) is 4.19. The monoisotopic (exact) mass is 541 g/mol. The highest BCUT2D eigenvalue weighted by Crippen LogP contribution is 2.43. The zero-order chi connectivity index (χ0) is 27.3. The van der Waals surface area contributed by atoms with E-state index in [0.717, 1.165) is 68.8 Å². The first-order chi connectivity index (χ1) is 18.3. The highest BCUT2D eigenvalue weighted by Gasteiger charge is 2.41. The van der Waals surface area contributed by atoms with Crippen molar-refractivity contribution in [3.8, 4) is 6.07 Å². The van der Waals surface area contributed by atoms with E-state index in [1.165, 1.54) is 6.20 Å². The number of carbonyl (C=O) groups excluding carboxylic acids is 1. The summed E-state index contributed by atoms with van der Waals surface area (Å²) in [5.41, 5.74) is 1.70. The van der Waals surface area contributed by atoms with Crippen LogP contribution in [0.5, 0.6) is 0 Å². The Balaban J connectivity index is 1.42. The number of nitriles is 1. The Morgan fingerprint density at radius 2 is 2.08 bits per heavy atom. The molecule has 38 heavy (non-hydrogen) atoms. The molecule has 2 fully saturated rings. The predicted molar refractivity (Wildman–Crippen MR) is 145 cm³/mol. The van der Waals surface area contributed by atoms with Gasteiger partial charge in [-0.15, -0.1) is 0 Å². The van der Waals surface area contributed by atoms with Gasteiger partial charge in [0.2, 0.25) is 0 Å². The molecule has 1 amide bonds. The summed E-state index contributed by atoms with van der Waals surface area (Å²) in [5, 5.41) is 21.5. The summed E-state index contributed by atoms with van der Waals surface area (Å²) < 4.78 is 19.9. The van der Waals surface area contributed by atoms with Gasteiger partial charge in [0.1, 0.15) is 0 Å². The van der Waals surface area contributed by atoms with Gasteiger partial charge in [-0.1, -0.05) is 11.6 Å². The molecule has 2 N–H and O–H groups in total. The number of pyridine rings is 1. The molecular weight excluding hydrogens is 509 g/mol. The van der Waals surface area contributed by atoms with Gasteiger partial charge in [-0.2, -0.15) is 10.4 Å². The molecule has 1 saturated carbocycles. The highest BCUT2D eigenvalue weighted by atomic mass is 35.5. The Morgan fingerprint density at radius 1 is 1.37 bits per heavy atom. The molecule has 1 aromatic heterocycles. The number of hydrogen-bond acceptors (Lipinski definition) is 8. The summed E-state index contributed by atoms with van der Waals surface area (Å²) in [7, 11) is 0. The van der Waals surface area contributed by atoms with Gasteiger partial charge in [0, 0.05) is 54.7 Å². The van der Waals surface area contributed by atoms with E-state index in [-0.39, 0.29) is 16.7 Å². The van der Waals surface area contributed by atoms with Crippen molar-refractivity contribution in [2.75, 3.05) is 37.9 Å². The number of aromatic nitrogens is 1.